The molecule has 0 radical (unpaired) electrons. The Morgan fingerprint density at radius 2 is 1.83 bits per heavy atom. The van der Waals surface area contributed by atoms with Crippen LogP contribution in [0.3, 0.4) is 0 Å². The first-order chi connectivity index (χ1) is 22.5. The van der Waals surface area contributed by atoms with Crippen molar-refractivity contribution in [3.63, 3.8) is 0 Å². The Labute approximate surface area is 278 Å². The fourth-order valence-electron chi connectivity index (χ4n) is 4.45. The van der Waals surface area contributed by atoms with Crippen LogP contribution < -0.4 is 30.3 Å². The van der Waals surface area contributed by atoms with Gasteiger partial charge in [-0.25, -0.2) is 15.0 Å². The number of ether oxygens (including phenoxy) is 4. The molecule has 0 aliphatic carbocycles. The number of nitro groups is 1. The number of rotatable bonds is 13. The number of nitrogens with zero attached hydrogens (tertiary/aromatic N) is 2. The van der Waals surface area contributed by atoms with Crippen molar-refractivity contribution in [3.05, 3.63) is 103 Å². The number of esters is 1. The standard InChI is InChI=1S/C31H29Cl2N5O9/c1-4-45-30(40)27-17(2)35-31(41)36-28(27)19-7-10-24(25(12-19)44-3)46-16-26(39)37-34-14-20-11-21(32)13-23(33)29(20)47-15-18-5-8-22(9-6-18)38(42)43/h5-14,28H,4,15-16H2,1-3H3,(H,37,39)(H2,35,36,41)/b34-14+/t28-/m1/s1. The van der Waals surface area contributed by atoms with Crippen molar-refractivity contribution in [1.29, 1.82) is 0 Å². The van der Waals surface area contributed by atoms with Gasteiger partial charge in [0.1, 0.15) is 12.4 Å². The topological polar surface area (TPSA) is 180 Å². The molecule has 0 unspecified atom stereocenters. The summed E-state index contributed by atoms with van der Waals surface area (Å²) in [6.45, 7) is 3.05. The molecule has 3 aromatic carbocycles. The minimum absolute atomic E-state index is 0.0467. The summed E-state index contributed by atoms with van der Waals surface area (Å²) in [5.41, 5.74) is 4.43. The number of urea groups is 1. The van der Waals surface area contributed by atoms with E-state index >= 15 is 0 Å². The van der Waals surface area contributed by atoms with Crippen LogP contribution in [-0.2, 0) is 20.9 Å². The van der Waals surface area contributed by atoms with Crippen molar-refractivity contribution in [1.82, 2.24) is 16.1 Å². The molecule has 47 heavy (non-hydrogen) atoms. The van der Waals surface area contributed by atoms with Crippen LogP contribution in [0, 0.1) is 10.1 Å². The monoisotopic (exact) mass is 685 g/mol. The average molecular weight is 687 g/mol. The molecule has 1 aliphatic rings. The summed E-state index contributed by atoms with van der Waals surface area (Å²) in [6, 6.07) is 12.3. The zero-order valence-corrected chi connectivity index (χ0v) is 26.8. The van der Waals surface area contributed by atoms with Crippen LogP contribution in [0.5, 0.6) is 17.2 Å². The minimum atomic E-state index is -0.814. The van der Waals surface area contributed by atoms with E-state index in [1.807, 2.05) is 0 Å². The third-order valence-electron chi connectivity index (χ3n) is 6.60. The van der Waals surface area contributed by atoms with Gasteiger partial charge >= 0.3 is 12.0 Å². The van der Waals surface area contributed by atoms with Gasteiger partial charge in [0.25, 0.3) is 11.6 Å². The number of non-ortho nitro benzene ring substituents is 1. The first-order valence-electron chi connectivity index (χ1n) is 13.9. The van der Waals surface area contributed by atoms with Crippen LogP contribution in [0.25, 0.3) is 0 Å². The highest BCUT2D eigenvalue weighted by Gasteiger charge is 2.32. The van der Waals surface area contributed by atoms with E-state index in [2.05, 4.69) is 21.2 Å². The Morgan fingerprint density at radius 1 is 1.09 bits per heavy atom. The molecule has 3 amide bonds. The number of carbonyl (C=O) groups excluding carboxylic acids is 3. The summed E-state index contributed by atoms with van der Waals surface area (Å²) in [7, 11) is 1.40. The minimum Gasteiger partial charge on any atom is -0.493 e. The van der Waals surface area contributed by atoms with Crippen molar-refractivity contribution >= 4 is 53.0 Å². The molecular formula is C31H29Cl2N5O9. The summed E-state index contributed by atoms with van der Waals surface area (Å²) >= 11 is 12.5. The molecule has 1 heterocycles. The van der Waals surface area contributed by atoms with Crippen LogP contribution in [0.1, 0.15) is 36.6 Å². The average Bonchev–Trinajstić information content (AvgIpc) is 3.03. The number of nitro benzene ring substituents is 1. The highest BCUT2D eigenvalue weighted by atomic mass is 35.5. The van der Waals surface area contributed by atoms with Gasteiger partial charge in [0.15, 0.2) is 18.1 Å². The molecule has 3 N–H and O–H groups in total. The van der Waals surface area contributed by atoms with E-state index in [9.17, 15) is 24.5 Å². The van der Waals surface area contributed by atoms with Gasteiger partial charge < -0.3 is 29.6 Å². The maximum absolute atomic E-state index is 12.6. The summed E-state index contributed by atoms with van der Waals surface area (Å²) < 4.78 is 22.1. The zero-order valence-electron chi connectivity index (χ0n) is 25.3. The lowest BCUT2D eigenvalue weighted by atomic mass is 9.95. The van der Waals surface area contributed by atoms with E-state index < -0.39 is 35.5 Å². The van der Waals surface area contributed by atoms with E-state index in [0.29, 0.717) is 27.4 Å². The molecule has 3 aromatic rings. The normalized spacial score (nSPS) is 14.2. The number of hydrogen-bond donors (Lipinski definition) is 3. The molecule has 0 saturated carbocycles. The smallest absolute Gasteiger partial charge is 0.338 e. The van der Waals surface area contributed by atoms with Crippen molar-refractivity contribution in [2.24, 2.45) is 5.10 Å². The molecule has 16 heteroatoms. The predicted molar refractivity (Wildman–Crippen MR) is 172 cm³/mol. The summed E-state index contributed by atoms with van der Waals surface area (Å²) in [6.07, 6.45) is 1.29. The number of methoxy groups -OCH3 is 1. The quantitative estimate of drug-likeness (QED) is 0.0942. The summed E-state index contributed by atoms with van der Waals surface area (Å²) in [5, 5.41) is 20.6. The maximum atomic E-state index is 12.6. The van der Waals surface area contributed by atoms with E-state index in [1.165, 1.54) is 37.6 Å². The van der Waals surface area contributed by atoms with Crippen LogP contribution >= 0.6 is 23.2 Å². The second-order valence-electron chi connectivity index (χ2n) is 9.80. The third kappa shape index (κ3) is 8.89. The lowest BCUT2D eigenvalue weighted by Gasteiger charge is -2.28. The molecular weight excluding hydrogens is 657 g/mol. The van der Waals surface area contributed by atoms with Crippen LogP contribution in [0.4, 0.5) is 10.5 Å². The first kappa shape index (κ1) is 34.5. The number of nitrogens with one attached hydrogen (secondary N) is 3. The van der Waals surface area contributed by atoms with E-state index in [4.69, 9.17) is 42.1 Å². The lowest BCUT2D eigenvalue weighted by molar-refractivity contribution is -0.384. The SMILES string of the molecule is CCOC(=O)C1=C(C)NC(=O)N[C@@H]1c1ccc(OCC(=O)N/N=C/c2cc(Cl)cc(Cl)c2OCc2ccc([N+](=O)[O-])cc2)c(OC)c1. The molecule has 14 nitrogen and oxygen atoms in total. The number of carbonyl (C=O) groups is 3. The van der Waals surface area contributed by atoms with Crippen molar-refractivity contribution < 1.29 is 38.3 Å². The van der Waals surface area contributed by atoms with E-state index in [-0.39, 0.29) is 46.7 Å². The Kier molecular flexibility index (Phi) is 11.6. The van der Waals surface area contributed by atoms with Gasteiger partial charge in [-0.3, -0.25) is 14.9 Å². The molecule has 4 rings (SSSR count). The number of hydrazone groups is 1. The second kappa shape index (κ2) is 15.8. The summed E-state index contributed by atoms with van der Waals surface area (Å²) in [5.74, 6) is -0.493. The molecule has 0 fully saturated rings. The van der Waals surface area contributed by atoms with Crippen molar-refractivity contribution in [2.75, 3.05) is 20.3 Å². The van der Waals surface area contributed by atoms with Crippen LogP contribution in [-0.4, -0.2) is 49.4 Å². The number of hydrogen-bond acceptors (Lipinski definition) is 10. The lowest BCUT2D eigenvalue weighted by Crippen LogP contribution is -2.45. The molecule has 0 bridgehead atoms. The van der Waals surface area contributed by atoms with Gasteiger partial charge in [0, 0.05) is 28.4 Å². The fraction of sp³-hybridized carbons (Fsp3) is 0.226. The Hall–Kier alpha value is -5.34. The van der Waals surface area contributed by atoms with Gasteiger partial charge in [0.2, 0.25) is 0 Å². The number of halogens is 2. The van der Waals surface area contributed by atoms with E-state index in [1.54, 1.807) is 44.2 Å². The van der Waals surface area contributed by atoms with Crippen LogP contribution in [0.2, 0.25) is 10.0 Å². The third-order valence-corrected chi connectivity index (χ3v) is 7.10. The first-order valence-corrected chi connectivity index (χ1v) is 14.7. The van der Waals surface area contributed by atoms with Crippen LogP contribution in [0.15, 0.2) is 71.0 Å². The predicted octanol–water partition coefficient (Wildman–Crippen LogP) is 5.21. The van der Waals surface area contributed by atoms with Crippen molar-refractivity contribution in [2.45, 2.75) is 26.5 Å². The van der Waals surface area contributed by atoms with E-state index in [0.717, 1.165) is 0 Å². The van der Waals surface area contributed by atoms with Gasteiger partial charge in [0.05, 0.1) is 41.5 Å². The highest BCUT2D eigenvalue weighted by molar-refractivity contribution is 6.36. The van der Waals surface area contributed by atoms with Gasteiger partial charge in [-0.2, -0.15) is 5.10 Å². The molecule has 0 saturated heterocycles. The van der Waals surface area contributed by atoms with Crippen molar-refractivity contribution in [3.8, 4) is 17.2 Å². The Morgan fingerprint density at radius 3 is 2.51 bits per heavy atom. The Bertz CT molecular complexity index is 1750. The number of benzene rings is 3. The number of amides is 3. The van der Waals surface area contributed by atoms with Gasteiger partial charge in [-0.05, 0) is 61.4 Å². The maximum Gasteiger partial charge on any atom is 0.338 e. The van der Waals surface area contributed by atoms with Gasteiger partial charge in [-0.15, -0.1) is 0 Å². The number of allylic oxidation sites excluding steroid dienone is 1. The second-order valence-corrected chi connectivity index (χ2v) is 10.6. The fourth-order valence-corrected chi connectivity index (χ4v) is 5.02. The van der Waals surface area contributed by atoms with Gasteiger partial charge in [-0.1, -0.05) is 29.3 Å². The zero-order chi connectivity index (χ0) is 34.1. The molecule has 0 spiro atoms. The highest BCUT2D eigenvalue weighted by Crippen LogP contribution is 2.35. The molecule has 246 valence electrons. The summed E-state index contributed by atoms with van der Waals surface area (Å²) in [4.78, 5) is 47.7. The Balaban J connectivity index is 1.40. The largest absolute Gasteiger partial charge is 0.493 e. The molecule has 1 aliphatic heterocycles. The molecule has 0 aromatic heterocycles. The molecule has 1 atom stereocenters.